The van der Waals surface area contributed by atoms with Gasteiger partial charge >= 0.3 is 0 Å². The predicted octanol–water partition coefficient (Wildman–Crippen LogP) is 2.05. The number of anilines is 1. The zero-order valence-electron chi connectivity index (χ0n) is 20.0. The molecule has 3 aliphatic rings. The van der Waals surface area contributed by atoms with Crippen molar-refractivity contribution < 1.29 is 4.39 Å². The summed E-state index contributed by atoms with van der Waals surface area (Å²) in [5.41, 5.74) is 18.2. The van der Waals surface area contributed by atoms with E-state index in [1.165, 1.54) is 6.07 Å². The topological polar surface area (TPSA) is 94.9 Å². The number of rotatable bonds is 5. The molecule has 5 unspecified atom stereocenters. The summed E-state index contributed by atoms with van der Waals surface area (Å²) < 4.78 is 14.2. The van der Waals surface area contributed by atoms with E-state index < -0.39 is 5.82 Å². The summed E-state index contributed by atoms with van der Waals surface area (Å²) in [4.78, 5) is 7.16. The Morgan fingerprint density at radius 3 is 2.85 bits per heavy atom. The fourth-order valence-electron chi connectivity index (χ4n) is 5.47. The van der Waals surface area contributed by atoms with E-state index >= 15 is 0 Å². The number of nitrogen functional groups attached to an aromatic ring is 1. The summed E-state index contributed by atoms with van der Waals surface area (Å²) in [6.45, 7) is 9.22. The molecule has 1 aromatic carbocycles. The van der Waals surface area contributed by atoms with Crippen LogP contribution in [0.15, 0.2) is 40.9 Å². The van der Waals surface area contributed by atoms with Crippen LogP contribution in [-0.2, 0) is 0 Å². The van der Waals surface area contributed by atoms with Gasteiger partial charge in [-0.2, -0.15) is 0 Å². The van der Waals surface area contributed by atoms with Crippen molar-refractivity contribution in [2.24, 2.45) is 28.5 Å². The Balaban J connectivity index is 1.65. The number of nitrogens with two attached hydrogens (primary N) is 2. The Morgan fingerprint density at radius 2 is 2.06 bits per heavy atom. The van der Waals surface area contributed by atoms with Crippen molar-refractivity contribution in [1.82, 2.24) is 20.7 Å². The molecule has 6 N–H and O–H groups in total. The van der Waals surface area contributed by atoms with E-state index in [4.69, 9.17) is 16.5 Å². The lowest BCUT2D eigenvalue weighted by Gasteiger charge is -2.36. The minimum absolute atomic E-state index is 0.0946. The zero-order valence-corrected chi connectivity index (χ0v) is 20.0. The molecule has 8 heteroatoms. The van der Waals surface area contributed by atoms with E-state index in [0.29, 0.717) is 41.8 Å². The zero-order chi connectivity index (χ0) is 23.5. The highest BCUT2D eigenvalue weighted by atomic mass is 19.1. The number of hydrogen-bond donors (Lipinski definition) is 4. The molecule has 2 fully saturated rings. The third kappa shape index (κ3) is 5.14. The van der Waals surface area contributed by atoms with Gasteiger partial charge in [0.2, 0.25) is 0 Å². The van der Waals surface area contributed by atoms with Crippen molar-refractivity contribution >= 4 is 17.6 Å². The molecule has 0 aromatic heterocycles. The average molecular weight is 456 g/mol. The van der Waals surface area contributed by atoms with Gasteiger partial charge < -0.3 is 16.8 Å². The summed E-state index contributed by atoms with van der Waals surface area (Å²) in [7, 11) is 2.10. The normalized spacial score (nSPS) is 32.1. The molecule has 2 aliphatic heterocycles. The lowest BCUT2D eigenvalue weighted by atomic mass is 9.69. The van der Waals surface area contributed by atoms with Gasteiger partial charge in [-0.15, -0.1) is 0 Å². The van der Waals surface area contributed by atoms with E-state index in [9.17, 15) is 4.39 Å². The number of halogens is 1. The molecular formula is C25H38FN7. The predicted molar refractivity (Wildman–Crippen MR) is 134 cm³/mol. The SMILES string of the molecule is CC1C(C(/C=N\CN2CCCNCC2)=C(/N)c2ccc(N)c(F)c2)C=CC2NN(C)C(C)C21. The second-order valence-electron chi connectivity index (χ2n) is 9.63. The third-order valence-electron chi connectivity index (χ3n) is 7.56. The van der Waals surface area contributed by atoms with Crippen LogP contribution in [0, 0.1) is 23.6 Å². The molecule has 5 atom stereocenters. The van der Waals surface area contributed by atoms with Crippen molar-refractivity contribution in [1.29, 1.82) is 0 Å². The summed E-state index contributed by atoms with van der Waals surface area (Å²) in [5, 5.41) is 5.62. The second kappa shape index (κ2) is 10.3. The quantitative estimate of drug-likeness (QED) is 0.308. The molecular weight excluding hydrogens is 417 g/mol. The third-order valence-corrected chi connectivity index (χ3v) is 7.56. The molecule has 7 nitrogen and oxygen atoms in total. The lowest BCUT2D eigenvalue weighted by molar-refractivity contribution is 0.203. The molecule has 1 aliphatic carbocycles. The van der Waals surface area contributed by atoms with Crippen LogP contribution >= 0.6 is 0 Å². The van der Waals surface area contributed by atoms with Crippen LogP contribution in [0.2, 0.25) is 0 Å². The maximum absolute atomic E-state index is 14.2. The van der Waals surface area contributed by atoms with Crippen LogP contribution in [0.4, 0.5) is 10.1 Å². The Labute approximate surface area is 196 Å². The molecule has 0 saturated carbocycles. The maximum Gasteiger partial charge on any atom is 0.146 e. The highest BCUT2D eigenvalue weighted by Crippen LogP contribution is 2.41. The molecule has 0 radical (unpaired) electrons. The Hall–Kier alpha value is -2.26. The summed E-state index contributed by atoms with van der Waals surface area (Å²) in [6, 6.07) is 5.50. The average Bonchev–Trinajstić information content (AvgIpc) is 2.96. The molecule has 1 aromatic rings. The van der Waals surface area contributed by atoms with Gasteiger partial charge in [-0.05, 0) is 43.9 Å². The molecule has 180 valence electrons. The molecule has 2 saturated heterocycles. The maximum atomic E-state index is 14.2. The monoisotopic (exact) mass is 455 g/mol. The van der Waals surface area contributed by atoms with Crippen LogP contribution in [-0.4, -0.2) is 68.1 Å². The van der Waals surface area contributed by atoms with Crippen molar-refractivity contribution in [2.45, 2.75) is 32.4 Å². The fourth-order valence-corrected chi connectivity index (χ4v) is 5.47. The number of benzene rings is 1. The van der Waals surface area contributed by atoms with Gasteiger partial charge in [-0.1, -0.05) is 25.1 Å². The number of nitrogens with one attached hydrogen (secondary N) is 2. The molecule has 0 bridgehead atoms. The van der Waals surface area contributed by atoms with Gasteiger partial charge in [-0.25, -0.2) is 14.8 Å². The van der Waals surface area contributed by atoms with E-state index in [0.717, 1.165) is 38.2 Å². The van der Waals surface area contributed by atoms with E-state index in [1.54, 1.807) is 12.1 Å². The first-order valence-corrected chi connectivity index (χ1v) is 12.0. The second-order valence-corrected chi connectivity index (χ2v) is 9.63. The molecule has 4 rings (SSSR count). The highest BCUT2D eigenvalue weighted by molar-refractivity contribution is 5.91. The first-order valence-electron chi connectivity index (χ1n) is 12.0. The van der Waals surface area contributed by atoms with Crippen LogP contribution in [0.1, 0.15) is 25.8 Å². The number of nitrogens with zero attached hydrogens (tertiary/aromatic N) is 3. The number of aliphatic imine (C=N–C) groups is 1. The number of fused-ring (bicyclic) bond motifs is 1. The fraction of sp³-hybridized carbons (Fsp3) is 0.560. The molecule has 2 heterocycles. The first kappa shape index (κ1) is 23.9. The molecule has 0 amide bonds. The van der Waals surface area contributed by atoms with E-state index in [-0.39, 0.29) is 11.6 Å². The van der Waals surface area contributed by atoms with Crippen LogP contribution in [0.3, 0.4) is 0 Å². The van der Waals surface area contributed by atoms with Crippen molar-refractivity contribution in [3.05, 3.63) is 47.3 Å². The van der Waals surface area contributed by atoms with Crippen LogP contribution < -0.4 is 22.2 Å². The standard InChI is InChI=1S/C25H38FN7/c1-16-19(6-8-23-24(16)17(2)32(3)31-23)20(14-30-15-33-11-4-9-29-10-12-33)25(28)18-5-7-22(27)21(26)13-18/h5-8,13-14,16-17,19,23-24,29,31H,4,9-12,15,27-28H2,1-3H3/b25-20+,30-14-. The van der Waals surface area contributed by atoms with E-state index in [1.807, 2.05) is 6.21 Å². The van der Waals surface area contributed by atoms with Gasteiger partial charge in [-0.3, -0.25) is 9.89 Å². The van der Waals surface area contributed by atoms with Crippen molar-refractivity contribution in [3.8, 4) is 0 Å². The van der Waals surface area contributed by atoms with Gasteiger partial charge in [0.05, 0.1) is 12.4 Å². The minimum atomic E-state index is -0.452. The smallest absolute Gasteiger partial charge is 0.146 e. The Kier molecular flexibility index (Phi) is 7.48. The summed E-state index contributed by atoms with van der Waals surface area (Å²) >= 11 is 0. The minimum Gasteiger partial charge on any atom is -0.398 e. The lowest BCUT2D eigenvalue weighted by Crippen LogP contribution is -2.38. The van der Waals surface area contributed by atoms with Crippen molar-refractivity contribution in [3.63, 3.8) is 0 Å². The van der Waals surface area contributed by atoms with Crippen LogP contribution in [0.5, 0.6) is 0 Å². The summed E-state index contributed by atoms with van der Waals surface area (Å²) in [5.74, 6) is 0.429. The number of hydrogen-bond acceptors (Lipinski definition) is 7. The first-order chi connectivity index (χ1) is 15.9. The van der Waals surface area contributed by atoms with Gasteiger partial charge in [0, 0.05) is 67.7 Å². The number of hydrazine groups is 1. The van der Waals surface area contributed by atoms with Crippen molar-refractivity contribution in [2.75, 3.05) is 45.6 Å². The molecule has 33 heavy (non-hydrogen) atoms. The van der Waals surface area contributed by atoms with Crippen LogP contribution in [0.25, 0.3) is 5.70 Å². The van der Waals surface area contributed by atoms with E-state index in [2.05, 4.69) is 53.7 Å². The highest BCUT2D eigenvalue weighted by Gasteiger charge is 2.44. The van der Waals surface area contributed by atoms with Gasteiger partial charge in [0.1, 0.15) is 5.82 Å². The Morgan fingerprint density at radius 1 is 1.24 bits per heavy atom. The molecule has 0 spiro atoms. The summed E-state index contributed by atoms with van der Waals surface area (Å²) in [6.07, 6.45) is 7.53. The number of allylic oxidation sites excluding steroid dienone is 2. The Bertz CT molecular complexity index is 919. The van der Waals surface area contributed by atoms with Gasteiger partial charge in [0.15, 0.2) is 0 Å². The largest absolute Gasteiger partial charge is 0.398 e. The van der Waals surface area contributed by atoms with Gasteiger partial charge in [0.25, 0.3) is 0 Å².